The van der Waals surface area contributed by atoms with Crippen LogP contribution in [0.15, 0.2) is 11.6 Å². The summed E-state index contributed by atoms with van der Waals surface area (Å²) in [5.41, 5.74) is 0.843. The van der Waals surface area contributed by atoms with Gasteiger partial charge < -0.3 is 0 Å². The first-order valence-corrected chi connectivity index (χ1v) is 6.71. The molecule has 0 saturated heterocycles. The summed E-state index contributed by atoms with van der Waals surface area (Å²) in [5, 5.41) is 7.37. The lowest BCUT2D eigenvalue weighted by Crippen LogP contribution is -2.28. The van der Waals surface area contributed by atoms with Gasteiger partial charge in [-0.15, -0.1) is 22.7 Å². The lowest BCUT2D eigenvalue weighted by Gasteiger charge is -2.00. The van der Waals surface area contributed by atoms with E-state index in [9.17, 15) is 9.59 Å². The zero-order chi connectivity index (χ0) is 13.1. The number of nitrogens with zero attached hydrogens (tertiary/aromatic N) is 2. The van der Waals surface area contributed by atoms with Gasteiger partial charge in [-0.05, 0) is 13.8 Å². The molecule has 2 heterocycles. The second kappa shape index (κ2) is 5.23. The Morgan fingerprint density at radius 3 is 2.33 bits per heavy atom. The van der Waals surface area contributed by atoms with Crippen molar-refractivity contribution in [2.45, 2.75) is 13.8 Å². The molecule has 0 saturated carbocycles. The molecular formula is C10H10N4O2S2. The number of anilines is 2. The van der Waals surface area contributed by atoms with E-state index in [0.717, 1.165) is 10.6 Å². The Hall–Kier alpha value is -1.80. The van der Waals surface area contributed by atoms with Gasteiger partial charge in [-0.2, -0.15) is 0 Å². The number of hydrogen-bond donors (Lipinski definition) is 2. The number of carbonyl (C=O) groups is 2. The van der Waals surface area contributed by atoms with Crippen molar-refractivity contribution >= 4 is 44.8 Å². The van der Waals surface area contributed by atoms with Crippen molar-refractivity contribution < 1.29 is 9.59 Å². The molecule has 2 N–H and O–H groups in total. The van der Waals surface area contributed by atoms with Crippen LogP contribution < -0.4 is 10.6 Å². The molecular weight excluding hydrogens is 272 g/mol. The first-order chi connectivity index (χ1) is 8.56. The van der Waals surface area contributed by atoms with Gasteiger partial charge in [0.05, 0.1) is 5.69 Å². The van der Waals surface area contributed by atoms with E-state index >= 15 is 0 Å². The zero-order valence-corrected chi connectivity index (χ0v) is 11.3. The zero-order valence-electron chi connectivity index (χ0n) is 9.68. The predicted molar refractivity (Wildman–Crippen MR) is 71.0 cm³/mol. The number of carbonyl (C=O) groups excluding carboxylic acids is 2. The van der Waals surface area contributed by atoms with E-state index in [-0.39, 0.29) is 0 Å². The Morgan fingerprint density at radius 2 is 1.83 bits per heavy atom. The van der Waals surface area contributed by atoms with Crippen molar-refractivity contribution in [2.75, 3.05) is 10.6 Å². The molecule has 0 aliphatic heterocycles. The van der Waals surface area contributed by atoms with E-state index < -0.39 is 11.8 Å². The Balaban J connectivity index is 1.97. The number of hydrogen-bond acceptors (Lipinski definition) is 6. The fraction of sp³-hybridized carbons (Fsp3) is 0.200. The molecule has 0 radical (unpaired) electrons. The van der Waals surface area contributed by atoms with Gasteiger partial charge in [-0.25, -0.2) is 9.97 Å². The summed E-state index contributed by atoms with van der Waals surface area (Å²) in [5.74, 6) is -1.51. The van der Waals surface area contributed by atoms with Crippen LogP contribution in [0.2, 0.25) is 0 Å². The molecule has 18 heavy (non-hydrogen) atoms. The highest BCUT2D eigenvalue weighted by Gasteiger charge is 2.16. The Labute approximate surface area is 111 Å². The normalized spacial score (nSPS) is 10.1. The van der Waals surface area contributed by atoms with Gasteiger partial charge >= 0.3 is 11.8 Å². The summed E-state index contributed by atoms with van der Waals surface area (Å²) < 4.78 is 0. The van der Waals surface area contributed by atoms with Gasteiger partial charge in [-0.1, -0.05) is 0 Å². The van der Waals surface area contributed by atoms with Crippen LogP contribution in [0.4, 0.5) is 10.3 Å². The second-order valence-corrected chi connectivity index (χ2v) is 5.50. The minimum atomic E-state index is -0.754. The van der Waals surface area contributed by atoms with Crippen LogP contribution in [-0.2, 0) is 9.59 Å². The van der Waals surface area contributed by atoms with Crippen molar-refractivity contribution in [2.24, 2.45) is 0 Å². The van der Waals surface area contributed by atoms with Gasteiger partial charge in [0.2, 0.25) is 0 Å². The molecule has 0 bridgehead atoms. The molecule has 0 atom stereocenters. The number of aryl methyl sites for hydroxylation is 2. The minimum Gasteiger partial charge on any atom is -0.294 e. The van der Waals surface area contributed by atoms with Crippen LogP contribution in [0, 0.1) is 13.8 Å². The van der Waals surface area contributed by atoms with Crippen molar-refractivity contribution in [1.29, 1.82) is 0 Å². The summed E-state index contributed by atoms with van der Waals surface area (Å²) in [6.07, 6.45) is 1.55. The summed E-state index contributed by atoms with van der Waals surface area (Å²) in [6.45, 7) is 3.75. The second-order valence-electron chi connectivity index (χ2n) is 3.41. The highest BCUT2D eigenvalue weighted by molar-refractivity contribution is 7.16. The predicted octanol–water partition coefficient (Wildman–Crippen LogP) is 1.79. The number of nitrogens with one attached hydrogen (secondary N) is 2. The summed E-state index contributed by atoms with van der Waals surface area (Å²) in [7, 11) is 0. The third kappa shape index (κ3) is 2.90. The van der Waals surface area contributed by atoms with Crippen LogP contribution >= 0.6 is 22.7 Å². The summed E-state index contributed by atoms with van der Waals surface area (Å²) in [6, 6.07) is 0. The largest absolute Gasteiger partial charge is 0.315 e. The highest BCUT2D eigenvalue weighted by Crippen LogP contribution is 2.21. The molecule has 94 valence electrons. The third-order valence-corrected chi connectivity index (χ3v) is 3.78. The van der Waals surface area contributed by atoms with Crippen molar-refractivity contribution in [3.05, 3.63) is 22.1 Å². The van der Waals surface area contributed by atoms with E-state index in [4.69, 9.17) is 0 Å². The maximum Gasteiger partial charge on any atom is 0.315 e. The lowest BCUT2D eigenvalue weighted by atomic mass is 10.4. The molecule has 0 aromatic carbocycles. The van der Waals surface area contributed by atoms with Crippen molar-refractivity contribution in [1.82, 2.24) is 9.97 Å². The van der Waals surface area contributed by atoms with Gasteiger partial charge in [-0.3, -0.25) is 20.2 Å². The van der Waals surface area contributed by atoms with Crippen LogP contribution in [0.25, 0.3) is 0 Å². The van der Waals surface area contributed by atoms with Gasteiger partial charge in [0.25, 0.3) is 0 Å². The number of thiazole rings is 2. The number of aromatic nitrogens is 2. The molecule has 0 aliphatic rings. The van der Waals surface area contributed by atoms with Crippen LogP contribution in [-0.4, -0.2) is 21.8 Å². The lowest BCUT2D eigenvalue weighted by molar-refractivity contribution is -0.132. The molecule has 0 spiro atoms. The van der Waals surface area contributed by atoms with Crippen molar-refractivity contribution in [3.8, 4) is 0 Å². The van der Waals surface area contributed by atoms with Gasteiger partial charge in [0.1, 0.15) is 0 Å². The first kappa shape index (κ1) is 12.7. The van der Waals surface area contributed by atoms with Gasteiger partial charge in [0, 0.05) is 16.5 Å². The topological polar surface area (TPSA) is 84.0 Å². The summed E-state index contributed by atoms with van der Waals surface area (Å²) in [4.78, 5) is 32.1. The summed E-state index contributed by atoms with van der Waals surface area (Å²) >= 11 is 2.58. The maximum atomic E-state index is 11.6. The van der Waals surface area contributed by atoms with E-state index in [1.54, 1.807) is 11.6 Å². The monoisotopic (exact) mass is 282 g/mol. The molecule has 0 fully saturated rings. The Kier molecular flexibility index (Phi) is 3.68. The highest BCUT2D eigenvalue weighted by atomic mass is 32.1. The van der Waals surface area contributed by atoms with E-state index in [1.807, 2.05) is 13.8 Å². The molecule has 0 unspecified atom stereocenters. The fourth-order valence-corrected chi connectivity index (χ4v) is 2.45. The van der Waals surface area contributed by atoms with E-state index in [0.29, 0.717) is 10.3 Å². The quantitative estimate of drug-likeness (QED) is 0.823. The Bertz CT molecular complexity index is 557. The first-order valence-electron chi connectivity index (χ1n) is 5.02. The maximum absolute atomic E-state index is 11.6. The number of amides is 2. The van der Waals surface area contributed by atoms with Gasteiger partial charge in [0.15, 0.2) is 10.3 Å². The SMILES string of the molecule is Cc1nc(NC(=O)C(=O)Nc2nccs2)sc1C. The fourth-order valence-electron chi connectivity index (χ4n) is 1.12. The molecule has 2 rings (SSSR count). The Morgan fingerprint density at radius 1 is 1.17 bits per heavy atom. The van der Waals surface area contributed by atoms with Crippen LogP contribution in [0.3, 0.4) is 0 Å². The minimum absolute atomic E-state index is 0.390. The third-order valence-electron chi connectivity index (χ3n) is 2.11. The average molecular weight is 282 g/mol. The average Bonchev–Trinajstić information content (AvgIpc) is 2.90. The molecule has 2 aromatic heterocycles. The molecule has 2 aromatic rings. The molecule has 2 amide bonds. The molecule has 6 nitrogen and oxygen atoms in total. The van der Waals surface area contributed by atoms with Crippen molar-refractivity contribution in [3.63, 3.8) is 0 Å². The smallest absolute Gasteiger partial charge is 0.294 e. The van der Waals surface area contributed by atoms with E-state index in [2.05, 4.69) is 20.6 Å². The molecule has 8 heteroatoms. The van der Waals surface area contributed by atoms with Crippen LogP contribution in [0.5, 0.6) is 0 Å². The standard InChI is InChI=1S/C10H10N4O2S2/c1-5-6(2)18-10(12-5)14-8(16)7(15)13-9-11-3-4-17-9/h3-4H,1-2H3,(H,11,13,15)(H,12,14,16). The van der Waals surface area contributed by atoms with Crippen LogP contribution in [0.1, 0.15) is 10.6 Å². The number of rotatable bonds is 2. The van der Waals surface area contributed by atoms with E-state index in [1.165, 1.54) is 22.7 Å². The molecule has 0 aliphatic carbocycles.